The predicted octanol–water partition coefficient (Wildman–Crippen LogP) is 1.17. The van der Waals surface area contributed by atoms with Crippen molar-refractivity contribution in [2.24, 2.45) is 0 Å². The maximum absolute atomic E-state index is 11.8. The molecule has 0 atom stereocenters. The summed E-state index contributed by atoms with van der Waals surface area (Å²) < 4.78 is 33.5. The summed E-state index contributed by atoms with van der Waals surface area (Å²) in [6.07, 6.45) is 0. The third kappa shape index (κ3) is 6.09. The molecule has 0 aliphatic carbocycles. The number of nitro benzene ring substituents is 1. The summed E-state index contributed by atoms with van der Waals surface area (Å²) in [5, 5.41) is 10.5. The average molecular weight is 303 g/mol. The number of hydrogen-bond acceptors (Lipinski definition) is 6. The van der Waals surface area contributed by atoms with Crippen molar-refractivity contribution >= 4 is 15.5 Å². The molecule has 112 valence electrons. The number of ether oxygens (including phenoxy) is 2. The molecule has 0 saturated heterocycles. The van der Waals surface area contributed by atoms with E-state index in [4.69, 9.17) is 9.47 Å². The molecule has 0 aliphatic heterocycles. The Hall–Kier alpha value is -1.51. The van der Waals surface area contributed by atoms with Crippen molar-refractivity contribution in [3.05, 3.63) is 39.9 Å². The number of hydrogen-bond donors (Lipinski definition) is 0. The molecule has 0 unspecified atom stereocenters. The van der Waals surface area contributed by atoms with Gasteiger partial charge in [-0.15, -0.1) is 0 Å². The second-order valence-corrected chi connectivity index (χ2v) is 6.30. The van der Waals surface area contributed by atoms with Crippen molar-refractivity contribution in [3.8, 4) is 0 Å². The third-order valence-corrected chi connectivity index (χ3v) is 4.07. The fourth-order valence-corrected chi connectivity index (χ4v) is 2.69. The number of benzene rings is 1. The zero-order valence-electron chi connectivity index (χ0n) is 11.1. The summed E-state index contributed by atoms with van der Waals surface area (Å²) in [6, 6.07) is 5.48. The maximum atomic E-state index is 11.8. The van der Waals surface area contributed by atoms with Gasteiger partial charge in [0.2, 0.25) is 0 Å². The molecular weight excluding hydrogens is 286 g/mol. The van der Waals surface area contributed by atoms with Crippen LogP contribution in [0.3, 0.4) is 0 Å². The molecule has 0 aromatic heterocycles. The first-order valence-corrected chi connectivity index (χ1v) is 7.77. The quantitative estimate of drug-likeness (QED) is 0.386. The minimum atomic E-state index is -3.29. The molecule has 0 spiro atoms. The monoisotopic (exact) mass is 303 g/mol. The summed E-state index contributed by atoms with van der Waals surface area (Å²) in [5.74, 6) is -0.244. The molecule has 0 fully saturated rings. The number of nitrogens with zero attached hydrogens (tertiary/aromatic N) is 1. The lowest BCUT2D eigenvalue weighted by atomic mass is 10.2. The smallest absolute Gasteiger partial charge is 0.269 e. The average Bonchev–Trinajstić information content (AvgIpc) is 2.38. The van der Waals surface area contributed by atoms with Crippen LogP contribution >= 0.6 is 0 Å². The second kappa shape index (κ2) is 7.93. The van der Waals surface area contributed by atoms with Crippen LogP contribution in [-0.4, -0.2) is 46.0 Å². The second-order valence-electron chi connectivity index (χ2n) is 4.12. The molecule has 0 bridgehead atoms. The molecule has 8 heteroatoms. The summed E-state index contributed by atoms with van der Waals surface area (Å²) in [4.78, 5) is 9.96. The van der Waals surface area contributed by atoms with Crippen molar-refractivity contribution in [1.82, 2.24) is 0 Å². The van der Waals surface area contributed by atoms with E-state index in [1.807, 2.05) is 0 Å². The number of methoxy groups -OCH3 is 1. The molecule has 0 N–H and O–H groups in total. The molecule has 0 heterocycles. The Morgan fingerprint density at radius 1 is 1.15 bits per heavy atom. The molecule has 1 aromatic rings. The first-order valence-electron chi connectivity index (χ1n) is 5.95. The Kier molecular flexibility index (Phi) is 6.56. The van der Waals surface area contributed by atoms with Gasteiger partial charge in [0.1, 0.15) is 0 Å². The number of non-ortho nitro benzene ring substituents is 1. The predicted molar refractivity (Wildman–Crippen MR) is 73.3 cm³/mol. The summed E-state index contributed by atoms with van der Waals surface area (Å²) in [5.41, 5.74) is 0.460. The first kappa shape index (κ1) is 16.5. The fraction of sp³-hybridized carbons (Fsp3) is 0.500. The number of sulfone groups is 1. The van der Waals surface area contributed by atoms with Gasteiger partial charge in [-0.3, -0.25) is 10.1 Å². The van der Waals surface area contributed by atoms with Gasteiger partial charge in [-0.05, 0) is 5.56 Å². The van der Waals surface area contributed by atoms with Gasteiger partial charge in [0, 0.05) is 19.2 Å². The van der Waals surface area contributed by atoms with Crippen LogP contribution in [0.1, 0.15) is 5.56 Å². The van der Waals surface area contributed by atoms with Gasteiger partial charge in [-0.2, -0.15) is 0 Å². The van der Waals surface area contributed by atoms with Crippen LogP contribution in [0.25, 0.3) is 0 Å². The Labute approximate surface area is 117 Å². The summed E-state index contributed by atoms with van der Waals surface area (Å²) in [6.45, 7) is 0.880. The molecular formula is C12H17NO6S. The van der Waals surface area contributed by atoms with E-state index in [-0.39, 0.29) is 23.8 Å². The van der Waals surface area contributed by atoms with E-state index in [9.17, 15) is 18.5 Å². The Balaban J connectivity index is 2.47. The summed E-state index contributed by atoms with van der Waals surface area (Å²) >= 11 is 0. The fourth-order valence-electron chi connectivity index (χ4n) is 1.47. The van der Waals surface area contributed by atoms with Crippen LogP contribution in [0.15, 0.2) is 24.3 Å². The number of nitro groups is 1. The molecule has 0 radical (unpaired) electrons. The van der Waals surface area contributed by atoms with Crippen molar-refractivity contribution < 1.29 is 22.8 Å². The third-order valence-electron chi connectivity index (χ3n) is 2.50. The van der Waals surface area contributed by atoms with Gasteiger partial charge in [0.25, 0.3) is 5.69 Å². The van der Waals surface area contributed by atoms with Crippen LogP contribution in [0.4, 0.5) is 5.69 Å². The minimum Gasteiger partial charge on any atom is -0.382 e. The van der Waals surface area contributed by atoms with Crippen LogP contribution in [0.2, 0.25) is 0 Å². The summed E-state index contributed by atoms with van der Waals surface area (Å²) in [7, 11) is -1.75. The van der Waals surface area contributed by atoms with Crippen LogP contribution in [-0.2, 0) is 25.1 Å². The molecule has 20 heavy (non-hydrogen) atoms. The zero-order chi connectivity index (χ0) is 15.0. The van der Waals surface area contributed by atoms with E-state index >= 15 is 0 Å². The molecule has 0 aliphatic rings. The molecule has 1 aromatic carbocycles. The highest BCUT2D eigenvalue weighted by atomic mass is 32.2. The maximum Gasteiger partial charge on any atom is 0.269 e. The van der Waals surface area contributed by atoms with Crippen molar-refractivity contribution in [2.75, 3.05) is 32.7 Å². The highest BCUT2D eigenvalue weighted by Crippen LogP contribution is 2.14. The molecule has 0 saturated carbocycles. The minimum absolute atomic E-state index is 0.0611. The van der Waals surface area contributed by atoms with E-state index in [0.717, 1.165) is 0 Å². The van der Waals surface area contributed by atoms with Gasteiger partial charge in [-0.1, -0.05) is 12.1 Å². The van der Waals surface area contributed by atoms with E-state index in [0.29, 0.717) is 18.8 Å². The zero-order valence-corrected chi connectivity index (χ0v) is 12.0. The molecule has 7 nitrogen and oxygen atoms in total. The normalized spacial score (nSPS) is 11.4. The molecule has 0 amide bonds. The van der Waals surface area contributed by atoms with Crippen LogP contribution in [0, 0.1) is 10.1 Å². The van der Waals surface area contributed by atoms with Gasteiger partial charge >= 0.3 is 0 Å². The standard InChI is InChI=1S/C12H17NO6S/c1-18-6-7-19-8-9-20(16,17)10-11-2-4-12(5-3-11)13(14)15/h2-5H,6-10H2,1H3. The van der Waals surface area contributed by atoms with Crippen molar-refractivity contribution in [2.45, 2.75) is 5.75 Å². The van der Waals surface area contributed by atoms with Gasteiger partial charge in [0.05, 0.1) is 36.2 Å². The number of rotatable bonds is 9. The topological polar surface area (TPSA) is 95.7 Å². The first-order chi connectivity index (χ1) is 9.44. The van der Waals surface area contributed by atoms with Crippen molar-refractivity contribution in [3.63, 3.8) is 0 Å². The van der Waals surface area contributed by atoms with Crippen LogP contribution in [0.5, 0.6) is 0 Å². The van der Waals surface area contributed by atoms with E-state index in [1.165, 1.54) is 31.4 Å². The SMILES string of the molecule is COCCOCCS(=O)(=O)Cc1ccc([N+](=O)[O-])cc1. The lowest BCUT2D eigenvalue weighted by molar-refractivity contribution is -0.384. The van der Waals surface area contributed by atoms with E-state index in [1.54, 1.807) is 0 Å². The Bertz CT molecular complexity index is 525. The van der Waals surface area contributed by atoms with E-state index in [2.05, 4.69) is 0 Å². The molecule has 1 rings (SSSR count). The van der Waals surface area contributed by atoms with Crippen LogP contribution < -0.4 is 0 Å². The largest absolute Gasteiger partial charge is 0.382 e. The van der Waals surface area contributed by atoms with Gasteiger partial charge in [0.15, 0.2) is 9.84 Å². The lowest BCUT2D eigenvalue weighted by Gasteiger charge is -2.05. The Morgan fingerprint density at radius 3 is 2.35 bits per heavy atom. The van der Waals surface area contributed by atoms with Crippen molar-refractivity contribution in [1.29, 1.82) is 0 Å². The highest BCUT2D eigenvalue weighted by Gasteiger charge is 2.13. The van der Waals surface area contributed by atoms with Gasteiger partial charge in [-0.25, -0.2) is 8.42 Å². The highest BCUT2D eigenvalue weighted by molar-refractivity contribution is 7.90. The Morgan fingerprint density at radius 2 is 1.80 bits per heavy atom. The lowest BCUT2D eigenvalue weighted by Crippen LogP contribution is -2.15. The van der Waals surface area contributed by atoms with E-state index < -0.39 is 14.8 Å². The van der Waals surface area contributed by atoms with Gasteiger partial charge < -0.3 is 9.47 Å².